The van der Waals surface area contributed by atoms with Crippen molar-refractivity contribution in [3.63, 3.8) is 0 Å². The number of fused-ring (bicyclic) bond motifs is 11. The van der Waals surface area contributed by atoms with Crippen LogP contribution < -0.4 is 4.90 Å². The molecule has 234 valence electrons. The first kappa shape index (κ1) is 27.2. The highest BCUT2D eigenvalue weighted by Crippen LogP contribution is 2.44. The largest absolute Gasteiger partial charge is 0.456 e. The predicted molar refractivity (Wildman–Crippen MR) is 206 cm³/mol. The molecule has 0 radical (unpaired) electrons. The van der Waals surface area contributed by atoms with Crippen LogP contribution in [0.4, 0.5) is 17.1 Å². The fourth-order valence-corrected chi connectivity index (χ4v) is 7.73. The summed E-state index contributed by atoms with van der Waals surface area (Å²) < 4.78 is 19.0. The molecule has 0 saturated heterocycles. The van der Waals surface area contributed by atoms with Crippen LogP contribution in [0.3, 0.4) is 0 Å². The molecular formula is C46H27NO3. The Morgan fingerprint density at radius 2 is 0.820 bits per heavy atom. The van der Waals surface area contributed by atoms with E-state index in [0.717, 1.165) is 94.0 Å². The van der Waals surface area contributed by atoms with E-state index in [2.05, 4.69) is 138 Å². The first-order valence-electron chi connectivity index (χ1n) is 16.8. The number of benzene rings is 8. The van der Waals surface area contributed by atoms with E-state index in [1.54, 1.807) is 0 Å². The van der Waals surface area contributed by atoms with Crippen molar-refractivity contribution in [2.24, 2.45) is 0 Å². The van der Waals surface area contributed by atoms with Gasteiger partial charge in [0.2, 0.25) is 0 Å². The van der Waals surface area contributed by atoms with Crippen LogP contribution in [0.15, 0.2) is 177 Å². The van der Waals surface area contributed by atoms with Crippen molar-refractivity contribution in [1.82, 2.24) is 0 Å². The summed E-state index contributed by atoms with van der Waals surface area (Å²) >= 11 is 0. The van der Waals surface area contributed by atoms with Gasteiger partial charge in [-0.15, -0.1) is 0 Å². The van der Waals surface area contributed by atoms with Crippen molar-refractivity contribution < 1.29 is 13.3 Å². The molecule has 0 saturated carbocycles. The van der Waals surface area contributed by atoms with Gasteiger partial charge in [0.15, 0.2) is 0 Å². The number of rotatable bonds is 4. The Kier molecular flexibility index (Phi) is 5.63. The minimum Gasteiger partial charge on any atom is -0.456 e. The lowest BCUT2D eigenvalue weighted by Gasteiger charge is -2.26. The van der Waals surface area contributed by atoms with E-state index < -0.39 is 0 Å². The highest BCUT2D eigenvalue weighted by molar-refractivity contribution is 6.22. The third-order valence-corrected chi connectivity index (χ3v) is 10.0. The summed E-state index contributed by atoms with van der Waals surface area (Å²) in [6.45, 7) is 0. The zero-order chi connectivity index (χ0) is 32.8. The van der Waals surface area contributed by atoms with E-state index in [1.165, 1.54) is 10.8 Å². The maximum atomic E-state index is 6.57. The van der Waals surface area contributed by atoms with Gasteiger partial charge in [-0.1, -0.05) is 91.0 Å². The highest BCUT2D eigenvalue weighted by atomic mass is 16.3. The Labute approximate surface area is 286 Å². The van der Waals surface area contributed by atoms with Crippen molar-refractivity contribution in [2.75, 3.05) is 4.90 Å². The van der Waals surface area contributed by atoms with Gasteiger partial charge in [0.05, 0.1) is 0 Å². The van der Waals surface area contributed by atoms with Crippen LogP contribution in [0.25, 0.3) is 87.7 Å². The van der Waals surface area contributed by atoms with Gasteiger partial charge in [-0.2, -0.15) is 0 Å². The summed E-state index contributed by atoms with van der Waals surface area (Å²) in [6.07, 6.45) is 0. The third kappa shape index (κ3) is 3.99. The van der Waals surface area contributed by atoms with Gasteiger partial charge in [0.1, 0.15) is 33.5 Å². The third-order valence-electron chi connectivity index (χ3n) is 10.0. The van der Waals surface area contributed by atoms with Crippen LogP contribution in [0.1, 0.15) is 0 Å². The summed E-state index contributed by atoms with van der Waals surface area (Å²) in [5.74, 6) is 0. The minimum absolute atomic E-state index is 0.868. The van der Waals surface area contributed by atoms with Gasteiger partial charge in [-0.25, -0.2) is 0 Å². The molecule has 4 heteroatoms. The Bertz CT molecular complexity index is 2990. The molecule has 8 aromatic carbocycles. The lowest BCUT2D eigenvalue weighted by atomic mass is 9.96. The van der Waals surface area contributed by atoms with E-state index in [9.17, 15) is 0 Å². The van der Waals surface area contributed by atoms with E-state index >= 15 is 0 Å². The second-order valence-corrected chi connectivity index (χ2v) is 12.9. The molecule has 3 aromatic heterocycles. The average molecular weight is 642 g/mol. The standard InChI is InChI=1S/C46H27NO3/c1-2-10-33-29(9-1)25-37(46-45(33)36-13-5-8-16-42(36)50-46)28-17-19-30(20-18-28)47(31-21-23-43-38(26-31)34-11-3-6-14-40(34)48-43)32-22-24-44-39(27-32)35-12-4-7-15-41(35)49-44/h1-27H. The SMILES string of the molecule is c1ccc2c(c1)cc(-c1ccc(N(c3ccc4oc5ccccc5c4c3)c3ccc4oc5ccccc5c4c3)cc1)c1oc3ccccc3c12. The minimum atomic E-state index is 0.868. The summed E-state index contributed by atoms with van der Waals surface area (Å²) in [5.41, 5.74) is 10.6. The quantitative estimate of drug-likeness (QED) is 0.192. The van der Waals surface area contributed by atoms with E-state index in [1.807, 2.05) is 30.3 Å². The summed E-state index contributed by atoms with van der Waals surface area (Å²) in [5, 5.41) is 9.03. The number of hydrogen-bond acceptors (Lipinski definition) is 4. The molecule has 4 nitrogen and oxygen atoms in total. The van der Waals surface area contributed by atoms with Gasteiger partial charge in [-0.3, -0.25) is 0 Å². The lowest BCUT2D eigenvalue weighted by Crippen LogP contribution is -2.09. The molecule has 0 amide bonds. The summed E-state index contributed by atoms with van der Waals surface area (Å²) in [6, 6.07) is 57.3. The van der Waals surface area contributed by atoms with Gasteiger partial charge in [0.25, 0.3) is 0 Å². The number of hydrogen-bond donors (Lipinski definition) is 0. The summed E-state index contributed by atoms with van der Waals surface area (Å²) in [4.78, 5) is 2.31. The van der Waals surface area contributed by atoms with Crippen molar-refractivity contribution >= 4 is 93.7 Å². The molecule has 0 atom stereocenters. The molecule has 11 rings (SSSR count). The fraction of sp³-hybridized carbons (Fsp3) is 0. The second kappa shape index (κ2) is 10.4. The van der Waals surface area contributed by atoms with Crippen molar-refractivity contribution in [3.05, 3.63) is 164 Å². The molecule has 50 heavy (non-hydrogen) atoms. The number of furan rings is 3. The molecule has 0 spiro atoms. The lowest BCUT2D eigenvalue weighted by molar-refractivity contribution is 0.668. The normalized spacial score (nSPS) is 12.0. The second-order valence-electron chi connectivity index (χ2n) is 12.9. The Morgan fingerprint density at radius 3 is 1.44 bits per heavy atom. The van der Waals surface area contributed by atoms with Gasteiger partial charge < -0.3 is 18.2 Å². The maximum absolute atomic E-state index is 6.57. The van der Waals surface area contributed by atoms with Crippen LogP contribution in [0.5, 0.6) is 0 Å². The van der Waals surface area contributed by atoms with Gasteiger partial charge in [-0.05, 0) is 89.1 Å². The van der Waals surface area contributed by atoms with Crippen molar-refractivity contribution in [3.8, 4) is 11.1 Å². The van der Waals surface area contributed by atoms with Crippen LogP contribution in [0, 0.1) is 0 Å². The zero-order valence-corrected chi connectivity index (χ0v) is 26.8. The molecule has 0 N–H and O–H groups in total. The monoisotopic (exact) mass is 641 g/mol. The molecule has 0 bridgehead atoms. The molecule has 0 aliphatic heterocycles. The average Bonchev–Trinajstić information content (AvgIpc) is 3.86. The smallest absolute Gasteiger partial charge is 0.143 e. The molecule has 11 aromatic rings. The summed E-state index contributed by atoms with van der Waals surface area (Å²) in [7, 11) is 0. The molecule has 0 aliphatic carbocycles. The molecule has 3 heterocycles. The zero-order valence-electron chi connectivity index (χ0n) is 26.8. The number of para-hydroxylation sites is 3. The first-order valence-corrected chi connectivity index (χ1v) is 16.8. The Morgan fingerprint density at radius 1 is 0.340 bits per heavy atom. The molecule has 0 aliphatic rings. The van der Waals surface area contributed by atoms with Crippen molar-refractivity contribution in [1.29, 1.82) is 0 Å². The van der Waals surface area contributed by atoms with E-state index in [-0.39, 0.29) is 0 Å². The van der Waals surface area contributed by atoms with Crippen LogP contribution >= 0.6 is 0 Å². The predicted octanol–water partition coefficient (Wildman–Crippen LogP) is 13.7. The first-order chi connectivity index (χ1) is 24.8. The van der Waals surface area contributed by atoms with Crippen LogP contribution in [-0.2, 0) is 0 Å². The van der Waals surface area contributed by atoms with E-state index in [4.69, 9.17) is 13.3 Å². The topological polar surface area (TPSA) is 42.7 Å². The Balaban J connectivity index is 1.11. The van der Waals surface area contributed by atoms with Gasteiger partial charge >= 0.3 is 0 Å². The molecular weight excluding hydrogens is 615 g/mol. The van der Waals surface area contributed by atoms with Crippen molar-refractivity contribution in [2.45, 2.75) is 0 Å². The number of anilines is 3. The molecule has 0 fully saturated rings. The molecule has 0 unspecified atom stereocenters. The Hall–Kier alpha value is -6.78. The maximum Gasteiger partial charge on any atom is 0.143 e. The highest BCUT2D eigenvalue weighted by Gasteiger charge is 2.20. The van der Waals surface area contributed by atoms with Crippen LogP contribution in [0.2, 0.25) is 0 Å². The number of nitrogens with zero attached hydrogens (tertiary/aromatic N) is 1. The van der Waals surface area contributed by atoms with Gasteiger partial charge in [0, 0.05) is 54.9 Å². The van der Waals surface area contributed by atoms with Crippen LogP contribution in [-0.4, -0.2) is 0 Å². The van der Waals surface area contributed by atoms with E-state index in [0.29, 0.717) is 0 Å². The fourth-order valence-electron chi connectivity index (χ4n) is 7.73.